The lowest BCUT2D eigenvalue weighted by molar-refractivity contribution is -0.161. The number of ether oxygens (including phenoxy) is 4. The summed E-state index contributed by atoms with van der Waals surface area (Å²) in [6, 6.07) is 0. The summed E-state index contributed by atoms with van der Waals surface area (Å²) in [6.45, 7) is 14.1. The zero-order valence-electron chi connectivity index (χ0n) is 60.2. The van der Waals surface area contributed by atoms with Crippen LogP contribution in [-0.4, -0.2) is 96.7 Å². The molecule has 0 aliphatic heterocycles. The highest BCUT2D eigenvalue weighted by atomic mass is 31.2. The van der Waals surface area contributed by atoms with Crippen LogP contribution in [0.25, 0.3) is 0 Å². The number of aliphatic hydroxyl groups is 1. The molecule has 3 N–H and O–H groups in total. The highest BCUT2D eigenvalue weighted by Crippen LogP contribution is 2.45. The second kappa shape index (κ2) is 62.6. The Morgan fingerprint density at radius 2 is 0.522 bits per heavy atom. The molecule has 0 spiro atoms. The zero-order valence-corrected chi connectivity index (χ0v) is 62.0. The van der Waals surface area contributed by atoms with Crippen LogP contribution < -0.4 is 0 Å². The first-order valence-electron chi connectivity index (χ1n) is 37.7. The summed E-state index contributed by atoms with van der Waals surface area (Å²) in [5.41, 5.74) is 0. The summed E-state index contributed by atoms with van der Waals surface area (Å²) < 4.78 is 68.4. The predicted molar refractivity (Wildman–Crippen MR) is 372 cm³/mol. The Hall–Kier alpha value is -1.94. The van der Waals surface area contributed by atoms with Crippen LogP contribution in [0.2, 0.25) is 0 Å². The standard InChI is InChI=1S/C73H142O17P2/c1-9-66(8)52-44-36-27-23-24-30-40-48-56-73(78)90-69(60-84-71(76)54-46-38-32-31-35-43-51-65(6)7)62-88-92(81,82)86-58-67(74)57-85-91(79,80)87-61-68(89-72(77)55-47-39-29-22-18-17-20-26-34-42-50-64(4)5)59-83-70(75)53-45-37-28-21-16-14-12-10-11-13-15-19-25-33-41-49-63(2)3/h63-69,74H,9-62H2,1-8H3,(H,79,80)(H,81,82)/t66?,67-,68-,69-/m1/s1. The van der Waals surface area contributed by atoms with Crippen LogP contribution in [0.5, 0.6) is 0 Å². The fourth-order valence-electron chi connectivity index (χ4n) is 11.0. The van der Waals surface area contributed by atoms with E-state index >= 15 is 0 Å². The number of rotatable bonds is 70. The Labute approximate surface area is 562 Å². The average molecular weight is 1350 g/mol. The summed E-state index contributed by atoms with van der Waals surface area (Å²) in [4.78, 5) is 72.6. The molecule has 0 aliphatic rings. The van der Waals surface area contributed by atoms with Gasteiger partial charge in [-0.2, -0.15) is 0 Å². The first kappa shape index (κ1) is 90.1. The van der Waals surface area contributed by atoms with E-state index in [1.807, 2.05) is 0 Å². The van der Waals surface area contributed by atoms with Crippen LogP contribution >= 0.6 is 15.6 Å². The number of carbonyl (C=O) groups is 4. The topological polar surface area (TPSA) is 237 Å². The minimum Gasteiger partial charge on any atom is -0.462 e. The quantitative estimate of drug-likeness (QED) is 0.0222. The van der Waals surface area contributed by atoms with Crippen molar-refractivity contribution in [3.05, 3.63) is 0 Å². The first-order valence-corrected chi connectivity index (χ1v) is 40.7. The molecule has 92 heavy (non-hydrogen) atoms. The van der Waals surface area contributed by atoms with Gasteiger partial charge in [0.1, 0.15) is 19.3 Å². The largest absolute Gasteiger partial charge is 0.472 e. The summed E-state index contributed by atoms with van der Waals surface area (Å²) in [5.74, 6) is 0.879. The van der Waals surface area contributed by atoms with E-state index in [0.29, 0.717) is 31.6 Å². The molecule has 0 saturated heterocycles. The molecule has 0 aromatic heterocycles. The number of phosphoric ester groups is 2. The third-order valence-electron chi connectivity index (χ3n) is 17.2. The van der Waals surface area contributed by atoms with Gasteiger partial charge in [-0.1, -0.05) is 312 Å². The van der Waals surface area contributed by atoms with Gasteiger partial charge in [0.05, 0.1) is 26.4 Å². The lowest BCUT2D eigenvalue weighted by Gasteiger charge is -2.21. The molecule has 0 amide bonds. The molecule has 3 unspecified atom stereocenters. The SMILES string of the molecule is CCC(C)CCCCCCCCCCC(=O)O[C@H](COC(=O)CCCCCCCCC(C)C)COP(=O)(O)OC[C@H](O)COP(=O)(O)OC[C@@H](COC(=O)CCCCCCCCCCCCCCCCCC(C)C)OC(=O)CCCCCCCCCCCCC(C)C. The number of phosphoric acid groups is 2. The molecule has 0 aromatic carbocycles. The average Bonchev–Trinajstić information content (AvgIpc) is 2.11. The predicted octanol–water partition coefficient (Wildman–Crippen LogP) is 20.9. The van der Waals surface area contributed by atoms with Gasteiger partial charge in [-0.3, -0.25) is 37.3 Å². The number of hydrogen-bond donors (Lipinski definition) is 3. The van der Waals surface area contributed by atoms with Crippen LogP contribution in [0, 0.1) is 23.7 Å². The van der Waals surface area contributed by atoms with Gasteiger partial charge in [0.25, 0.3) is 0 Å². The van der Waals surface area contributed by atoms with Crippen molar-refractivity contribution in [2.45, 2.75) is 382 Å². The zero-order chi connectivity index (χ0) is 68.2. The molecule has 0 aliphatic carbocycles. The van der Waals surface area contributed by atoms with Crippen molar-refractivity contribution in [2.24, 2.45) is 23.7 Å². The van der Waals surface area contributed by atoms with E-state index in [4.69, 9.17) is 37.0 Å². The molecule has 0 radical (unpaired) electrons. The monoisotopic (exact) mass is 1350 g/mol. The first-order chi connectivity index (χ1) is 44.1. The van der Waals surface area contributed by atoms with Gasteiger partial charge in [0.2, 0.25) is 0 Å². The maximum atomic E-state index is 13.1. The Morgan fingerprint density at radius 3 is 0.772 bits per heavy atom. The van der Waals surface area contributed by atoms with Crippen molar-refractivity contribution in [2.75, 3.05) is 39.6 Å². The van der Waals surface area contributed by atoms with E-state index < -0.39 is 97.5 Å². The fraction of sp³-hybridized carbons (Fsp3) is 0.945. The van der Waals surface area contributed by atoms with E-state index in [0.717, 1.165) is 114 Å². The Morgan fingerprint density at radius 1 is 0.304 bits per heavy atom. The Kier molecular flexibility index (Phi) is 61.3. The van der Waals surface area contributed by atoms with Crippen LogP contribution in [0.15, 0.2) is 0 Å². The molecule has 0 bridgehead atoms. The minimum atomic E-state index is -4.96. The number of esters is 4. The van der Waals surface area contributed by atoms with E-state index in [9.17, 15) is 43.2 Å². The van der Waals surface area contributed by atoms with Crippen molar-refractivity contribution in [3.8, 4) is 0 Å². The molecule has 0 heterocycles. The summed E-state index contributed by atoms with van der Waals surface area (Å²) in [7, 11) is -9.91. The van der Waals surface area contributed by atoms with E-state index in [1.165, 1.54) is 161 Å². The van der Waals surface area contributed by atoms with Gasteiger partial charge in [-0.25, -0.2) is 9.13 Å². The Balaban J connectivity index is 5.22. The summed E-state index contributed by atoms with van der Waals surface area (Å²) >= 11 is 0. The second-order valence-electron chi connectivity index (χ2n) is 28.0. The lowest BCUT2D eigenvalue weighted by Crippen LogP contribution is -2.30. The highest BCUT2D eigenvalue weighted by molar-refractivity contribution is 7.47. The molecule has 6 atom stereocenters. The van der Waals surface area contributed by atoms with Gasteiger partial charge in [0.15, 0.2) is 12.2 Å². The maximum absolute atomic E-state index is 13.1. The molecular weight excluding hydrogens is 1210 g/mol. The van der Waals surface area contributed by atoms with Crippen molar-refractivity contribution in [1.29, 1.82) is 0 Å². The number of carbonyl (C=O) groups excluding carboxylic acids is 4. The number of aliphatic hydroxyl groups excluding tert-OH is 1. The molecule has 0 rings (SSSR count). The van der Waals surface area contributed by atoms with Gasteiger partial charge in [-0.15, -0.1) is 0 Å². The van der Waals surface area contributed by atoms with Crippen LogP contribution in [0.4, 0.5) is 0 Å². The minimum absolute atomic E-state index is 0.103. The fourth-order valence-corrected chi connectivity index (χ4v) is 12.6. The molecule has 0 saturated carbocycles. The van der Waals surface area contributed by atoms with Crippen LogP contribution in [0.1, 0.15) is 364 Å². The lowest BCUT2D eigenvalue weighted by atomic mass is 9.99. The smallest absolute Gasteiger partial charge is 0.462 e. The normalized spacial score (nSPS) is 14.5. The third-order valence-corrected chi connectivity index (χ3v) is 19.1. The van der Waals surface area contributed by atoms with Gasteiger partial charge in [-0.05, 0) is 49.4 Å². The molecule has 0 aromatic rings. The molecular formula is C73H142O17P2. The van der Waals surface area contributed by atoms with E-state index in [1.54, 1.807) is 0 Å². The molecule has 0 fully saturated rings. The maximum Gasteiger partial charge on any atom is 0.472 e. The van der Waals surface area contributed by atoms with Crippen LogP contribution in [0.3, 0.4) is 0 Å². The van der Waals surface area contributed by atoms with Gasteiger partial charge in [0, 0.05) is 25.7 Å². The summed E-state index contributed by atoms with van der Waals surface area (Å²) in [5, 5.41) is 10.6. The molecule has 19 heteroatoms. The summed E-state index contributed by atoms with van der Waals surface area (Å²) in [6.07, 6.45) is 46.0. The van der Waals surface area contributed by atoms with Crippen molar-refractivity contribution in [3.63, 3.8) is 0 Å². The number of hydrogen-bond acceptors (Lipinski definition) is 15. The van der Waals surface area contributed by atoms with E-state index in [-0.39, 0.29) is 25.7 Å². The van der Waals surface area contributed by atoms with Crippen LogP contribution in [-0.2, 0) is 65.4 Å². The van der Waals surface area contributed by atoms with Gasteiger partial charge < -0.3 is 33.8 Å². The third kappa shape index (κ3) is 65.4. The Bertz CT molecular complexity index is 1820. The van der Waals surface area contributed by atoms with Crippen molar-refractivity contribution >= 4 is 39.5 Å². The molecule has 17 nitrogen and oxygen atoms in total. The van der Waals surface area contributed by atoms with Crippen molar-refractivity contribution < 1.29 is 80.2 Å². The van der Waals surface area contributed by atoms with Gasteiger partial charge >= 0.3 is 39.5 Å². The van der Waals surface area contributed by atoms with E-state index in [2.05, 4.69) is 55.4 Å². The highest BCUT2D eigenvalue weighted by Gasteiger charge is 2.30. The second-order valence-corrected chi connectivity index (χ2v) is 30.9. The molecule has 546 valence electrons. The van der Waals surface area contributed by atoms with Crippen molar-refractivity contribution in [1.82, 2.24) is 0 Å². The number of unbranched alkanes of at least 4 members (excludes halogenated alkanes) is 35.